The Morgan fingerprint density at radius 3 is 2.78 bits per heavy atom. The third-order valence-electron chi connectivity index (χ3n) is 3.78. The summed E-state index contributed by atoms with van der Waals surface area (Å²) >= 11 is 11.9. The summed E-state index contributed by atoms with van der Waals surface area (Å²) in [5.74, 6) is 0.0612. The molecule has 3 nitrogen and oxygen atoms in total. The molecule has 1 aromatic rings. The number of halogens is 2. The van der Waals surface area contributed by atoms with Crippen molar-refractivity contribution in [2.75, 3.05) is 18.8 Å². The summed E-state index contributed by atoms with van der Waals surface area (Å²) in [6.07, 6.45) is 1.63. The van der Waals surface area contributed by atoms with Crippen LogP contribution in [0.15, 0.2) is 12.1 Å². The molecule has 98 valence electrons. The normalized spacial score (nSPS) is 23.3. The number of nitrogen functional groups attached to an aromatic ring is 1. The van der Waals surface area contributed by atoms with Gasteiger partial charge >= 0.3 is 0 Å². The molecule has 1 aromatic carbocycles. The average Bonchev–Trinajstić information content (AvgIpc) is 2.85. The number of carbonyl (C=O) groups excluding carboxylic acids is 1. The first-order valence-corrected chi connectivity index (χ1v) is 6.76. The lowest BCUT2D eigenvalue weighted by Gasteiger charge is -2.25. The molecule has 1 atom stereocenters. The highest BCUT2D eigenvalue weighted by atomic mass is 35.5. The van der Waals surface area contributed by atoms with Gasteiger partial charge in [-0.15, -0.1) is 0 Å². The van der Waals surface area contributed by atoms with Gasteiger partial charge in [0.2, 0.25) is 0 Å². The maximum atomic E-state index is 12.7. The van der Waals surface area contributed by atoms with E-state index in [1.807, 2.05) is 6.92 Å². The van der Waals surface area contributed by atoms with Gasteiger partial charge in [-0.25, -0.2) is 0 Å². The van der Waals surface area contributed by atoms with Crippen LogP contribution in [0, 0.1) is 5.41 Å². The maximum Gasteiger partial charge on any atom is 0.172 e. The van der Waals surface area contributed by atoms with Crippen molar-refractivity contribution in [3.8, 4) is 0 Å². The maximum absolute atomic E-state index is 12.7. The van der Waals surface area contributed by atoms with E-state index in [4.69, 9.17) is 28.9 Å². The molecule has 1 heterocycles. The first-order chi connectivity index (χ1) is 8.52. The van der Waals surface area contributed by atoms with Crippen LogP contribution in [-0.2, 0) is 0 Å². The minimum absolute atomic E-state index is 0.0612. The lowest BCUT2D eigenvalue weighted by molar-refractivity contribution is 0.0811. The zero-order valence-corrected chi connectivity index (χ0v) is 11.7. The van der Waals surface area contributed by atoms with Gasteiger partial charge in [0.15, 0.2) is 5.78 Å². The highest BCUT2D eigenvalue weighted by molar-refractivity contribution is 6.44. The Labute approximate surface area is 117 Å². The fourth-order valence-corrected chi connectivity index (χ4v) is 2.78. The zero-order valence-electron chi connectivity index (χ0n) is 10.2. The SMILES string of the molecule is CCC1(C(=O)c2ccc(Cl)c(Cl)c2N)CCNC1. The van der Waals surface area contributed by atoms with Gasteiger partial charge in [0.1, 0.15) is 0 Å². The van der Waals surface area contributed by atoms with Gasteiger partial charge in [-0.05, 0) is 31.5 Å². The predicted octanol–water partition coefficient (Wildman–Crippen LogP) is 3.15. The average molecular weight is 287 g/mol. The largest absolute Gasteiger partial charge is 0.397 e. The lowest BCUT2D eigenvalue weighted by Crippen LogP contribution is -2.33. The molecule has 1 fully saturated rings. The molecule has 0 amide bonds. The second kappa shape index (κ2) is 5.08. The number of nitrogens with one attached hydrogen (secondary N) is 1. The van der Waals surface area contributed by atoms with Gasteiger partial charge < -0.3 is 11.1 Å². The van der Waals surface area contributed by atoms with E-state index in [0.717, 1.165) is 19.4 Å². The number of nitrogens with two attached hydrogens (primary N) is 1. The Kier molecular flexibility index (Phi) is 3.85. The van der Waals surface area contributed by atoms with Crippen LogP contribution in [0.3, 0.4) is 0 Å². The van der Waals surface area contributed by atoms with Crippen LogP contribution < -0.4 is 11.1 Å². The van der Waals surface area contributed by atoms with E-state index < -0.39 is 0 Å². The number of Topliss-reactive ketones (excluding diaryl/α,β-unsaturated/α-hetero) is 1. The number of anilines is 1. The summed E-state index contributed by atoms with van der Waals surface area (Å²) < 4.78 is 0. The van der Waals surface area contributed by atoms with E-state index in [1.165, 1.54) is 0 Å². The van der Waals surface area contributed by atoms with Gasteiger partial charge in [0, 0.05) is 17.5 Å². The molecule has 1 aliphatic rings. The summed E-state index contributed by atoms with van der Waals surface area (Å²) in [6, 6.07) is 3.29. The van der Waals surface area contributed by atoms with E-state index in [2.05, 4.69) is 5.32 Å². The van der Waals surface area contributed by atoms with E-state index in [-0.39, 0.29) is 21.9 Å². The molecule has 1 saturated heterocycles. The van der Waals surface area contributed by atoms with Crippen LogP contribution in [0.5, 0.6) is 0 Å². The third-order valence-corrected chi connectivity index (χ3v) is 4.60. The minimum atomic E-state index is -0.356. The van der Waals surface area contributed by atoms with Crippen LogP contribution in [0.4, 0.5) is 5.69 Å². The smallest absolute Gasteiger partial charge is 0.172 e. The molecule has 5 heteroatoms. The molecular weight excluding hydrogens is 271 g/mol. The molecule has 0 radical (unpaired) electrons. The standard InChI is InChI=1S/C13H16Cl2N2O/c1-2-13(5-6-17-7-13)12(18)8-3-4-9(14)10(15)11(8)16/h3-4,17H,2,5-7,16H2,1H3. The topological polar surface area (TPSA) is 55.1 Å². The van der Waals surface area contributed by atoms with Gasteiger partial charge in [-0.2, -0.15) is 0 Å². The van der Waals surface area contributed by atoms with Crippen molar-refractivity contribution in [3.63, 3.8) is 0 Å². The first kappa shape index (κ1) is 13.7. The Balaban J connectivity index is 2.43. The first-order valence-electron chi connectivity index (χ1n) is 6.01. The van der Waals surface area contributed by atoms with Gasteiger partial charge in [-0.3, -0.25) is 4.79 Å². The van der Waals surface area contributed by atoms with Gasteiger partial charge in [-0.1, -0.05) is 30.1 Å². The van der Waals surface area contributed by atoms with Crippen molar-refractivity contribution in [1.82, 2.24) is 5.32 Å². The monoisotopic (exact) mass is 286 g/mol. The van der Waals surface area contributed by atoms with Crippen molar-refractivity contribution in [1.29, 1.82) is 0 Å². The van der Waals surface area contributed by atoms with Crippen LogP contribution in [-0.4, -0.2) is 18.9 Å². The van der Waals surface area contributed by atoms with Crippen LogP contribution in [0.1, 0.15) is 30.1 Å². The molecule has 1 unspecified atom stereocenters. The number of hydrogen-bond acceptors (Lipinski definition) is 3. The molecular formula is C13H16Cl2N2O. The van der Waals surface area contributed by atoms with Crippen LogP contribution in [0.2, 0.25) is 10.0 Å². The third kappa shape index (κ3) is 2.11. The summed E-state index contributed by atoms with van der Waals surface area (Å²) in [5.41, 5.74) is 6.32. The Hall–Kier alpha value is -0.770. The summed E-state index contributed by atoms with van der Waals surface area (Å²) in [4.78, 5) is 12.7. The molecule has 0 saturated carbocycles. The molecule has 18 heavy (non-hydrogen) atoms. The Morgan fingerprint density at radius 1 is 1.50 bits per heavy atom. The van der Waals surface area contributed by atoms with Gasteiger partial charge in [0.05, 0.1) is 15.7 Å². The number of benzene rings is 1. The van der Waals surface area contributed by atoms with Gasteiger partial charge in [0.25, 0.3) is 0 Å². The minimum Gasteiger partial charge on any atom is -0.397 e. The molecule has 0 aromatic heterocycles. The lowest BCUT2D eigenvalue weighted by atomic mass is 9.77. The highest BCUT2D eigenvalue weighted by Gasteiger charge is 2.40. The van der Waals surface area contributed by atoms with Crippen molar-refractivity contribution in [3.05, 3.63) is 27.7 Å². The molecule has 0 bridgehead atoms. The number of ketones is 1. The Morgan fingerprint density at radius 2 is 2.22 bits per heavy atom. The molecule has 0 aliphatic carbocycles. The van der Waals surface area contributed by atoms with Crippen molar-refractivity contribution >= 4 is 34.7 Å². The molecule has 3 N–H and O–H groups in total. The fourth-order valence-electron chi connectivity index (χ4n) is 2.45. The molecule has 0 spiro atoms. The summed E-state index contributed by atoms with van der Waals surface area (Å²) in [5, 5.41) is 3.88. The summed E-state index contributed by atoms with van der Waals surface area (Å²) in [6.45, 7) is 3.58. The van der Waals surface area contributed by atoms with Crippen LogP contribution in [0.25, 0.3) is 0 Å². The van der Waals surface area contributed by atoms with Crippen molar-refractivity contribution < 1.29 is 4.79 Å². The van der Waals surface area contributed by atoms with E-state index in [9.17, 15) is 4.79 Å². The van der Waals surface area contributed by atoms with Crippen molar-refractivity contribution in [2.24, 2.45) is 5.41 Å². The zero-order chi connectivity index (χ0) is 13.3. The predicted molar refractivity (Wildman–Crippen MR) is 75.4 cm³/mol. The second-order valence-corrected chi connectivity index (χ2v) is 5.50. The number of rotatable bonds is 3. The van der Waals surface area contributed by atoms with E-state index >= 15 is 0 Å². The quantitative estimate of drug-likeness (QED) is 0.663. The fraction of sp³-hybridized carbons (Fsp3) is 0.462. The highest BCUT2D eigenvalue weighted by Crippen LogP contribution is 2.38. The van der Waals surface area contributed by atoms with E-state index in [1.54, 1.807) is 12.1 Å². The van der Waals surface area contributed by atoms with Crippen LogP contribution >= 0.6 is 23.2 Å². The Bertz CT molecular complexity index is 482. The van der Waals surface area contributed by atoms with E-state index in [0.29, 0.717) is 17.1 Å². The molecule has 1 aliphatic heterocycles. The second-order valence-electron chi connectivity index (χ2n) is 4.71. The van der Waals surface area contributed by atoms with Crippen molar-refractivity contribution in [2.45, 2.75) is 19.8 Å². The number of carbonyl (C=O) groups is 1. The number of hydrogen-bond donors (Lipinski definition) is 2. The summed E-state index contributed by atoms with van der Waals surface area (Å²) in [7, 11) is 0. The molecule has 2 rings (SSSR count).